The Hall–Kier alpha value is -3.16. The van der Waals surface area contributed by atoms with Crippen LogP contribution in [0.4, 0.5) is 8.78 Å². The number of benzene rings is 2. The molecule has 1 aromatic heterocycles. The van der Waals surface area contributed by atoms with Gasteiger partial charge in [0.25, 0.3) is 0 Å². The van der Waals surface area contributed by atoms with E-state index >= 15 is 0 Å². The summed E-state index contributed by atoms with van der Waals surface area (Å²) in [5.41, 5.74) is 2.45. The summed E-state index contributed by atoms with van der Waals surface area (Å²) in [6.45, 7) is 0.244. The molecule has 3 N–H and O–H groups in total. The SMILES string of the molecule is O=C(O)c1ccc(CN[C@H](O)c2cc(F)cnc2Cc2ccc(F)cc2)cc1. The number of hydrogen-bond acceptors (Lipinski definition) is 4. The largest absolute Gasteiger partial charge is 0.478 e. The van der Waals surface area contributed by atoms with Gasteiger partial charge in [0.1, 0.15) is 17.9 Å². The normalized spacial score (nSPS) is 12.0. The lowest BCUT2D eigenvalue weighted by molar-refractivity contribution is 0.0696. The summed E-state index contributed by atoms with van der Waals surface area (Å²) in [4.78, 5) is 15.0. The molecule has 2 aromatic carbocycles. The second-order valence-electron chi connectivity index (χ2n) is 6.28. The Balaban J connectivity index is 1.73. The van der Waals surface area contributed by atoms with Crippen LogP contribution in [-0.4, -0.2) is 21.2 Å². The van der Waals surface area contributed by atoms with Crippen molar-refractivity contribution >= 4 is 5.97 Å². The zero-order valence-electron chi connectivity index (χ0n) is 14.8. The molecule has 0 aliphatic carbocycles. The maximum absolute atomic E-state index is 13.7. The van der Waals surface area contributed by atoms with Crippen LogP contribution in [-0.2, 0) is 13.0 Å². The van der Waals surface area contributed by atoms with Gasteiger partial charge in [-0.1, -0.05) is 24.3 Å². The van der Waals surface area contributed by atoms with Gasteiger partial charge in [0.05, 0.1) is 17.5 Å². The van der Waals surface area contributed by atoms with E-state index in [9.17, 15) is 18.7 Å². The Morgan fingerprint density at radius 1 is 1.00 bits per heavy atom. The van der Waals surface area contributed by atoms with Crippen LogP contribution >= 0.6 is 0 Å². The fourth-order valence-corrected chi connectivity index (χ4v) is 2.75. The monoisotopic (exact) mass is 384 g/mol. The molecule has 0 aliphatic rings. The van der Waals surface area contributed by atoms with Crippen LogP contribution in [0, 0.1) is 11.6 Å². The van der Waals surface area contributed by atoms with Gasteiger partial charge in [0, 0.05) is 18.5 Å². The van der Waals surface area contributed by atoms with Crippen LogP contribution in [0.3, 0.4) is 0 Å². The van der Waals surface area contributed by atoms with E-state index < -0.39 is 18.0 Å². The predicted octanol–water partition coefficient (Wildman–Crippen LogP) is 3.43. The van der Waals surface area contributed by atoms with E-state index in [4.69, 9.17) is 5.11 Å². The number of aromatic nitrogens is 1. The summed E-state index contributed by atoms with van der Waals surface area (Å²) in [6, 6.07) is 13.3. The van der Waals surface area contributed by atoms with Crippen molar-refractivity contribution < 1.29 is 23.8 Å². The minimum atomic E-state index is -1.18. The standard InChI is InChI=1S/C21H18F2N2O3/c22-16-7-3-13(4-8-16)9-19-18(10-17(23)12-24-19)20(26)25-11-14-1-5-15(6-2-14)21(27)28/h1-8,10,12,20,25-26H,9,11H2,(H,27,28)/t20-/m1/s1. The van der Waals surface area contributed by atoms with Crippen LogP contribution in [0.2, 0.25) is 0 Å². The molecule has 7 heteroatoms. The molecule has 28 heavy (non-hydrogen) atoms. The number of carbonyl (C=O) groups is 1. The molecule has 1 heterocycles. The topological polar surface area (TPSA) is 82.5 Å². The lowest BCUT2D eigenvalue weighted by Crippen LogP contribution is -2.22. The molecule has 0 fully saturated rings. The molecule has 0 aliphatic heterocycles. The minimum absolute atomic E-state index is 0.167. The number of carboxylic acids is 1. The summed E-state index contributed by atoms with van der Waals surface area (Å²) in [7, 11) is 0. The van der Waals surface area contributed by atoms with Crippen LogP contribution in [0.15, 0.2) is 60.8 Å². The average Bonchev–Trinajstić information content (AvgIpc) is 2.69. The molecule has 5 nitrogen and oxygen atoms in total. The zero-order chi connectivity index (χ0) is 20.1. The predicted molar refractivity (Wildman–Crippen MR) is 98.6 cm³/mol. The second-order valence-corrected chi connectivity index (χ2v) is 6.28. The van der Waals surface area contributed by atoms with E-state index in [-0.39, 0.29) is 23.5 Å². The average molecular weight is 384 g/mol. The van der Waals surface area contributed by atoms with Crippen molar-refractivity contribution in [2.45, 2.75) is 19.2 Å². The Kier molecular flexibility index (Phi) is 6.08. The number of nitrogens with one attached hydrogen (secondary N) is 1. The van der Waals surface area contributed by atoms with Crippen molar-refractivity contribution in [2.75, 3.05) is 0 Å². The van der Waals surface area contributed by atoms with Crippen LogP contribution in [0.1, 0.15) is 39.0 Å². The first-order valence-corrected chi connectivity index (χ1v) is 8.55. The lowest BCUT2D eigenvalue weighted by atomic mass is 10.0. The van der Waals surface area contributed by atoms with E-state index in [1.807, 2.05) is 0 Å². The molecule has 0 saturated carbocycles. The van der Waals surface area contributed by atoms with Gasteiger partial charge in [-0.25, -0.2) is 13.6 Å². The van der Waals surface area contributed by atoms with Gasteiger partial charge in [0.2, 0.25) is 0 Å². The number of nitrogens with zero attached hydrogens (tertiary/aromatic N) is 1. The molecule has 0 saturated heterocycles. The Morgan fingerprint density at radius 2 is 1.64 bits per heavy atom. The molecule has 0 amide bonds. The maximum Gasteiger partial charge on any atom is 0.335 e. The van der Waals surface area contributed by atoms with Gasteiger partial charge >= 0.3 is 5.97 Å². The van der Waals surface area contributed by atoms with Gasteiger partial charge in [-0.15, -0.1) is 0 Å². The molecule has 0 spiro atoms. The van der Waals surface area contributed by atoms with E-state index in [0.29, 0.717) is 12.1 Å². The van der Waals surface area contributed by atoms with Crippen LogP contribution < -0.4 is 5.32 Å². The summed E-state index contributed by atoms with van der Waals surface area (Å²) >= 11 is 0. The number of aliphatic hydroxyl groups excluding tert-OH is 1. The first kappa shape index (κ1) is 19.6. The highest BCUT2D eigenvalue weighted by Gasteiger charge is 2.15. The van der Waals surface area contributed by atoms with Crippen LogP contribution in [0.5, 0.6) is 0 Å². The van der Waals surface area contributed by atoms with Gasteiger partial charge in [-0.05, 0) is 41.5 Å². The first-order valence-electron chi connectivity index (χ1n) is 8.55. The quantitative estimate of drug-likeness (QED) is 0.544. The summed E-state index contributed by atoms with van der Waals surface area (Å²) in [5, 5.41) is 22.3. The maximum atomic E-state index is 13.7. The van der Waals surface area contributed by atoms with Gasteiger partial charge in [-0.3, -0.25) is 10.3 Å². The Bertz CT molecular complexity index is 960. The molecule has 3 rings (SSSR count). The van der Waals surface area contributed by atoms with Gasteiger partial charge < -0.3 is 10.2 Å². The van der Waals surface area contributed by atoms with Crippen molar-refractivity contribution in [3.8, 4) is 0 Å². The fourth-order valence-electron chi connectivity index (χ4n) is 2.75. The van der Waals surface area contributed by atoms with Crippen molar-refractivity contribution in [1.29, 1.82) is 0 Å². The third-order valence-electron chi connectivity index (χ3n) is 4.25. The fraction of sp³-hybridized carbons (Fsp3) is 0.143. The number of carboxylic acid groups (broad SMARTS) is 1. The molecule has 144 valence electrons. The zero-order valence-corrected chi connectivity index (χ0v) is 14.8. The molecule has 0 unspecified atom stereocenters. The number of halogens is 2. The van der Waals surface area contributed by atoms with Crippen molar-refractivity contribution in [1.82, 2.24) is 10.3 Å². The number of pyridine rings is 1. The Morgan fingerprint density at radius 3 is 2.29 bits per heavy atom. The molecule has 0 bridgehead atoms. The first-order chi connectivity index (χ1) is 13.4. The summed E-state index contributed by atoms with van der Waals surface area (Å²) < 4.78 is 26.7. The molecular formula is C21H18F2N2O3. The Labute approximate surface area is 160 Å². The second kappa shape index (κ2) is 8.69. The summed E-state index contributed by atoms with van der Waals surface area (Å²) in [5.74, 6) is -1.95. The van der Waals surface area contributed by atoms with E-state index in [0.717, 1.165) is 17.3 Å². The third kappa shape index (κ3) is 4.97. The van der Waals surface area contributed by atoms with Gasteiger partial charge in [-0.2, -0.15) is 0 Å². The van der Waals surface area contributed by atoms with Crippen molar-refractivity contribution in [3.63, 3.8) is 0 Å². The van der Waals surface area contributed by atoms with E-state index in [2.05, 4.69) is 10.3 Å². The number of aromatic carboxylic acids is 1. The number of hydrogen-bond donors (Lipinski definition) is 3. The number of rotatable bonds is 7. The summed E-state index contributed by atoms with van der Waals surface area (Å²) in [6.07, 6.45) is 0.194. The van der Waals surface area contributed by atoms with E-state index in [1.165, 1.54) is 30.3 Å². The van der Waals surface area contributed by atoms with Gasteiger partial charge in [0.15, 0.2) is 0 Å². The van der Waals surface area contributed by atoms with Crippen LogP contribution in [0.25, 0.3) is 0 Å². The molecule has 1 atom stereocenters. The third-order valence-corrected chi connectivity index (χ3v) is 4.25. The highest BCUT2D eigenvalue weighted by atomic mass is 19.1. The number of aliphatic hydroxyl groups is 1. The van der Waals surface area contributed by atoms with Crippen molar-refractivity contribution in [3.05, 3.63) is 100 Å². The lowest BCUT2D eigenvalue weighted by Gasteiger charge is -2.17. The minimum Gasteiger partial charge on any atom is -0.478 e. The molecular weight excluding hydrogens is 366 g/mol. The molecule has 3 aromatic rings. The smallest absolute Gasteiger partial charge is 0.335 e. The molecule has 0 radical (unpaired) electrons. The van der Waals surface area contributed by atoms with Crippen molar-refractivity contribution in [2.24, 2.45) is 0 Å². The highest BCUT2D eigenvalue weighted by molar-refractivity contribution is 5.87. The van der Waals surface area contributed by atoms with E-state index in [1.54, 1.807) is 24.3 Å². The highest BCUT2D eigenvalue weighted by Crippen LogP contribution is 2.20.